The molecule has 1 aromatic heterocycles. The Balaban J connectivity index is 2.74. The molecule has 0 aromatic carbocycles. The van der Waals surface area contributed by atoms with E-state index in [-0.39, 0.29) is 6.04 Å². The molecule has 0 saturated carbocycles. The molecule has 0 saturated heterocycles. The first-order valence-corrected chi connectivity index (χ1v) is 4.11. The molecule has 1 aromatic rings. The Bertz CT molecular complexity index is 244. The molecule has 0 bridgehead atoms. The van der Waals surface area contributed by atoms with E-state index >= 15 is 0 Å². The number of nitrogens with two attached hydrogens (primary N) is 1. The topological polar surface area (TPSA) is 64.1 Å². The van der Waals surface area contributed by atoms with Crippen LogP contribution >= 0.6 is 0 Å². The summed E-state index contributed by atoms with van der Waals surface area (Å²) in [5, 5.41) is 13.6. The fourth-order valence-electron chi connectivity index (χ4n) is 1.01. The lowest BCUT2D eigenvalue weighted by Gasteiger charge is -2.11. The molecular weight excluding hydrogens is 154 g/mol. The zero-order valence-electron chi connectivity index (χ0n) is 7.44. The van der Waals surface area contributed by atoms with Gasteiger partial charge in [0.25, 0.3) is 0 Å². The molecule has 12 heavy (non-hydrogen) atoms. The fraction of sp³-hybridized carbons (Fsp3) is 0.625. The van der Waals surface area contributed by atoms with Gasteiger partial charge in [-0.2, -0.15) is 5.10 Å². The van der Waals surface area contributed by atoms with E-state index < -0.39 is 6.10 Å². The van der Waals surface area contributed by atoms with E-state index in [1.54, 1.807) is 17.8 Å². The van der Waals surface area contributed by atoms with Crippen molar-refractivity contribution in [2.24, 2.45) is 5.73 Å². The summed E-state index contributed by atoms with van der Waals surface area (Å²) in [5.74, 6) is 0. The third-order valence-electron chi connectivity index (χ3n) is 1.82. The van der Waals surface area contributed by atoms with Crippen LogP contribution in [0.5, 0.6) is 0 Å². The second-order valence-corrected chi connectivity index (χ2v) is 2.93. The monoisotopic (exact) mass is 169 g/mol. The number of nitrogens with zero attached hydrogens (tertiary/aromatic N) is 2. The van der Waals surface area contributed by atoms with Crippen LogP contribution in [0.2, 0.25) is 0 Å². The molecule has 68 valence electrons. The maximum absolute atomic E-state index is 9.53. The number of aliphatic hydroxyl groups excluding tert-OH is 1. The minimum absolute atomic E-state index is 0.250. The van der Waals surface area contributed by atoms with Crippen molar-refractivity contribution in [1.82, 2.24) is 9.78 Å². The largest absolute Gasteiger partial charge is 0.387 e. The van der Waals surface area contributed by atoms with Crippen molar-refractivity contribution in [3.63, 3.8) is 0 Å². The van der Waals surface area contributed by atoms with Crippen molar-refractivity contribution in [2.75, 3.05) is 0 Å². The van der Waals surface area contributed by atoms with Crippen LogP contribution in [-0.2, 0) is 6.54 Å². The van der Waals surface area contributed by atoms with Gasteiger partial charge in [-0.1, -0.05) is 0 Å². The van der Waals surface area contributed by atoms with Crippen molar-refractivity contribution >= 4 is 0 Å². The van der Waals surface area contributed by atoms with Crippen molar-refractivity contribution in [2.45, 2.75) is 32.5 Å². The van der Waals surface area contributed by atoms with Crippen LogP contribution in [0.25, 0.3) is 0 Å². The minimum atomic E-state index is -0.606. The van der Waals surface area contributed by atoms with Gasteiger partial charge >= 0.3 is 0 Å². The predicted molar refractivity (Wildman–Crippen MR) is 46.5 cm³/mol. The van der Waals surface area contributed by atoms with Crippen LogP contribution in [0.1, 0.15) is 25.5 Å². The Hall–Kier alpha value is -0.870. The van der Waals surface area contributed by atoms with Crippen molar-refractivity contribution in [3.8, 4) is 0 Å². The highest BCUT2D eigenvalue weighted by atomic mass is 16.3. The summed E-state index contributed by atoms with van der Waals surface area (Å²) in [6, 6.07) is -0.250. The van der Waals surface area contributed by atoms with Crippen molar-refractivity contribution in [1.29, 1.82) is 0 Å². The highest BCUT2D eigenvalue weighted by molar-refractivity contribution is 5.09. The summed E-state index contributed by atoms with van der Waals surface area (Å²) in [7, 11) is 0. The summed E-state index contributed by atoms with van der Waals surface area (Å²) in [6.07, 6.45) is 2.86. The molecule has 0 aliphatic heterocycles. The van der Waals surface area contributed by atoms with Crippen LogP contribution in [0, 0.1) is 0 Å². The van der Waals surface area contributed by atoms with Crippen LogP contribution in [-0.4, -0.2) is 20.9 Å². The Kier molecular flexibility index (Phi) is 2.83. The van der Waals surface area contributed by atoms with Gasteiger partial charge in [0.2, 0.25) is 0 Å². The van der Waals surface area contributed by atoms with Gasteiger partial charge in [-0.3, -0.25) is 4.68 Å². The third kappa shape index (κ3) is 1.84. The molecule has 0 aliphatic carbocycles. The summed E-state index contributed by atoms with van der Waals surface area (Å²) in [6.45, 7) is 4.58. The second-order valence-electron chi connectivity index (χ2n) is 2.93. The number of hydrogen-bond donors (Lipinski definition) is 2. The number of hydrogen-bond acceptors (Lipinski definition) is 3. The SMILES string of the molecule is CCn1cc(C(O)[C@@H](C)N)cn1. The quantitative estimate of drug-likeness (QED) is 0.683. The lowest BCUT2D eigenvalue weighted by molar-refractivity contribution is 0.153. The molecule has 0 radical (unpaired) electrons. The first-order chi connectivity index (χ1) is 5.65. The summed E-state index contributed by atoms with van der Waals surface area (Å²) in [5.41, 5.74) is 6.32. The average molecular weight is 169 g/mol. The van der Waals surface area contributed by atoms with Crippen LogP contribution in [0.4, 0.5) is 0 Å². The lowest BCUT2D eigenvalue weighted by Crippen LogP contribution is -2.24. The maximum atomic E-state index is 9.53. The Labute approximate surface area is 72.0 Å². The summed E-state index contributed by atoms with van der Waals surface area (Å²) in [4.78, 5) is 0. The van der Waals surface area contributed by atoms with E-state index in [0.29, 0.717) is 0 Å². The fourth-order valence-corrected chi connectivity index (χ4v) is 1.01. The van der Waals surface area contributed by atoms with Crippen molar-refractivity contribution < 1.29 is 5.11 Å². The predicted octanol–water partition coefficient (Wildman–Crippen LogP) is 0.284. The normalized spacial score (nSPS) is 16.0. The summed E-state index contributed by atoms with van der Waals surface area (Å²) >= 11 is 0. The zero-order chi connectivity index (χ0) is 9.14. The first kappa shape index (κ1) is 9.22. The molecule has 4 nitrogen and oxygen atoms in total. The molecule has 4 heteroatoms. The lowest BCUT2D eigenvalue weighted by atomic mass is 10.1. The van der Waals surface area contributed by atoms with E-state index in [1.807, 2.05) is 13.1 Å². The molecule has 1 unspecified atom stereocenters. The summed E-state index contributed by atoms with van der Waals surface area (Å²) < 4.78 is 1.76. The zero-order valence-corrected chi connectivity index (χ0v) is 7.44. The van der Waals surface area contributed by atoms with E-state index in [1.165, 1.54) is 0 Å². The molecule has 0 amide bonds. The van der Waals surface area contributed by atoms with Gasteiger partial charge in [0.15, 0.2) is 0 Å². The van der Waals surface area contributed by atoms with E-state index in [0.717, 1.165) is 12.1 Å². The molecule has 0 fully saturated rings. The second kappa shape index (κ2) is 3.69. The van der Waals surface area contributed by atoms with Crippen LogP contribution < -0.4 is 5.73 Å². The van der Waals surface area contributed by atoms with Gasteiger partial charge in [0.1, 0.15) is 0 Å². The van der Waals surface area contributed by atoms with Gasteiger partial charge in [0, 0.05) is 24.3 Å². The molecule has 0 aliphatic rings. The highest BCUT2D eigenvalue weighted by Crippen LogP contribution is 2.13. The number of aliphatic hydroxyl groups is 1. The van der Waals surface area contributed by atoms with Gasteiger partial charge in [-0.25, -0.2) is 0 Å². The molecule has 1 heterocycles. The van der Waals surface area contributed by atoms with Gasteiger partial charge in [0.05, 0.1) is 12.3 Å². The number of aromatic nitrogens is 2. The van der Waals surface area contributed by atoms with Crippen LogP contribution in [0.3, 0.4) is 0 Å². The standard InChI is InChI=1S/C8H15N3O/c1-3-11-5-7(4-10-11)8(12)6(2)9/h4-6,8,12H,3,9H2,1-2H3/t6-,8?/m1/s1. The van der Waals surface area contributed by atoms with E-state index in [4.69, 9.17) is 5.73 Å². The molecule has 3 N–H and O–H groups in total. The Morgan fingerprint density at radius 2 is 2.42 bits per heavy atom. The molecule has 1 rings (SSSR count). The minimum Gasteiger partial charge on any atom is -0.387 e. The Morgan fingerprint density at radius 3 is 2.83 bits per heavy atom. The van der Waals surface area contributed by atoms with Gasteiger partial charge < -0.3 is 10.8 Å². The highest BCUT2D eigenvalue weighted by Gasteiger charge is 2.13. The van der Waals surface area contributed by atoms with Crippen LogP contribution in [0.15, 0.2) is 12.4 Å². The number of rotatable bonds is 3. The molecule has 0 spiro atoms. The maximum Gasteiger partial charge on any atom is 0.0968 e. The number of aryl methyl sites for hydroxylation is 1. The van der Waals surface area contributed by atoms with E-state index in [9.17, 15) is 5.11 Å². The molecular formula is C8H15N3O. The van der Waals surface area contributed by atoms with Gasteiger partial charge in [-0.05, 0) is 13.8 Å². The first-order valence-electron chi connectivity index (χ1n) is 4.11. The third-order valence-corrected chi connectivity index (χ3v) is 1.82. The smallest absolute Gasteiger partial charge is 0.0968 e. The van der Waals surface area contributed by atoms with Crippen molar-refractivity contribution in [3.05, 3.63) is 18.0 Å². The molecule has 2 atom stereocenters. The van der Waals surface area contributed by atoms with E-state index in [2.05, 4.69) is 5.10 Å². The van der Waals surface area contributed by atoms with Gasteiger partial charge in [-0.15, -0.1) is 0 Å². The average Bonchev–Trinajstić information content (AvgIpc) is 2.50. The Morgan fingerprint density at radius 1 is 1.75 bits per heavy atom.